The minimum Gasteiger partial charge on any atom is -0.338 e. The number of rotatable bonds is 2. The van der Waals surface area contributed by atoms with Gasteiger partial charge in [-0.3, -0.25) is 9.59 Å². The van der Waals surface area contributed by atoms with Crippen molar-refractivity contribution in [1.29, 1.82) is 0 Å². The average Bonchev–Trinajstić information content (AvgIpc) is 2.81. The quantitative estimate of drug-likeness (QED) is 0.791. The van der Waals surface area contributed by atoms with Gasteiger partial charge in [-0.15, -0.1) is 11.3 Å². The van der Waals surface area contributed by atoms with Crippen LogP contribution in [0.3, 0.4) is 0 Å². The average molecular weight is 237 g/mol. The summed E-state index contributed by atoms with van der Waals surface area (Å²) in [4.78, 5) is 25.7. The molecule has 0 spiro atoms. The molecule has 1 heterocycles. The molecule has 16 heavy (non-hydrogen) atoms. The fraction of sp³-hybridized carbons (Fsp3) is 0.500. The molecule has 1 aromatic heterocycles. The smallest absolute Gasteiger partial charge is 0.263 e. The van der Waals surface area contributed by atoms with E-state index in [0.717, 1.165) is 17.7 Å². The van der Waals surface area contributed by atoms with E-state index in [1.807, 2.05) is 24.6 Å². The Morgan fingerprint density at radius 3 is 2.69 bits per heavy atom. The first kappa shape index (κ1) is 11.3. The standard InChI is InChI=1S/C12H15NO2S/c1-13(9-4-6-10(14)7-5-9)12(15)11-3-2-8-16-11/h2-3,8-9H,4-7H2,1H3. The Labute approximate surface area is 99.1 Å². The lowest BCUT2D eigenvalue weighted by Crippen LogP contribution is -2.39. The summed E-state index contributed by atoms with van der Waals surface area (Å²) in [6.07, 6.45) is 2.86. The molecule has 0 aliphatic heterocycles. The lowest BCUT2D eigenvalue weighted by Gasteiger charge is -2.30. The number of amides is 1. The van der Waals surface area contributed by atoms with E-state index in [-0.39, 0.29) is 11.9 Å². The van der Waals surface area contributed by atoms with Crippen molar-refractivity contribution in [3.8, 4) is 0 Å². The zero-order chi connectivity index (χ0) is 11.5. The molecule has 1 saturated carbocycles. The minimum absolute atomic E-state index is 0.0781. The molecule has 4 heteroatoms. The van der Waals surface area contributed by atoms with E-state index in [1.165, 1.54) is 11.3 Å². The highest BCUT2D eigenvalue weighted by molar-refractivity contribution is 7.12. The van der Waals surface area contributed by atoms with Crippen molar-refractivity contribution in [3.63, 3.8) is 0 Å². The first-order chi connectivity index (χ1) is 7.68. The SMILES string of the molecule is CN(C(=O)c1cccs1)C1CCC(=O)CC1. The van der Waals surface area contributed by atoms with Crippen LogP contribution >= 0.6 is 11.3 Å². The molecule has 1 aliphatic rings. The van der Waals surface area contributed by atoms with Crippen molar-refractivity contribution in [1.82, 2.24) is 4.90 Å². The van der Waals surface area contributed by atoms with Gasteiger partial charge in [0.05, 0.1) is 4.88 Å². The predicted octanol–water partition coefficient (Wildman–Crippen LogP) is 2.33. The minimum atomic E-state index is 0.0781. The molecule has 2 rings (SSSR count). The summed E-state index contributed by atoms with van der Waals surface area (Å²) in [6.45, 7) is 0. The van der Waals surface area contributed by atoms with Crippen LogP contribution < -0.4 is 0 Å². The molecule has 1 fully saturated rings. The Bertz CT molecular complexity index is 376. The zero-order valence-corrected chi connectivity index (χ0v) is 10.1. The van der Waals surface area contributed by atoms with Crippen molar-refractivity contribution < 1.29 is 9.59 Å². The van der Waals surface area contributed by atoms with E-state index < -0.39 is 0 Å². The Morgan fingerprint density at radius 2 is 2.12 bits per heavy atom. The summed E-state index contributed by atoms with van der Waals surface area (Å²) >= 11 is 1.47. The number of carbonyl (C=O) groups excluding carboxylic acids is 2. The van der Waals surface area contributed by atoms with Gasteiger partial charge in [0.1, 0.15) is 5.78 Å². The van der Waals surface area contributed by atoms with Crippen LogP contribution in [0.4, 0.5) is 0 Å². The Hall–Kier alpha value is -1.16. The van der Waals surface area contributed by atoms with Crippen LogP contribution in [-0.4, -0.2) is 29.7 Å². The largest absolute Gasteiger partial charge is 0.338 e. The van der Waals surface area contributed by atoms with Gasteiger partial charge in [-0.25, -0.2) is 0 Å². The summed E-state index contributed by atoms with van der Waals surface area (Å²) in [6, 6.07) is 3.96. The summed E-state index contributed by atoms with van der Waals surface area (Å²) < 4.78 is 0. The van der Waals surface area contributed by atoms with Crippen LogP contribution in [0.5, 0.6) is 0 Å². The molecule has 0 bridgehead atoms. The Kier molecular flexibility index (Phi) is 3.39. The Morgan fingerprint density at radius 1 is 1.44 bits per heavy atom. The van der Waals surface area contributed by atoms with Crippen LogP contribution in [0.2, 0.25) is 0 Å². The van der Waals surface area contributed by atoms with E-state index in [0.29, 0.717) is 18.6 Å². The molecule has 86 valence electrons. The second kappa shape index (κ2) is 4.78. The maximum absolute atomic E-state index is 12.0. The summed E-state index contributed by atoms with van der Waals surface area (Å²) in [5, 5.41) is 1.91. The van der Waals surface area contributed by atoms with Gasteiger partial charge in [0, 0.05) is 25.9 Å². The first-order valence-electron chi connectivity index (χ1n) is 5.51. The van der Waals surface area contributed by atoms with E-state index in [9.17, 15) is 9.59 Å². The maximum atomic E-state index is 12.0. The highest BCUT2D eigenvalue weighted by atomic mass is 32.1. The first-order valence-corrected chi connectivity index (χ1v) is 6.39. The van der Waals surface area contributed by atoms with Crippen molar-refractivity contribution in [2.24, 2.45) is 0 Å². The maximum Gasteiger partial charge on any atom is 0.263 e. The predicted molar refractivity (Wildman–Crippen MR) is 63.7 cm³/mol. The van der Waals surface area contributed by atoms with Crippen LogP contribution in [0.15, 0.2) is 17.5 Å². The summed E-state index contributed by atoms with van der Waals surface area (Å²) in [5.41, 5.74) is 0. The molecule has 0 atom stereocenters. The topological polar surface area (TPSA) is 37.4 Å². The molecule has 0 aromatic carbocycles. The Balaban J connectivity index is 1.99. The second-order valence-corrected chi connectivity index (χ2v) is 5.11. The number of thiophene rings is 1. The van der Waals surface area contributed by atoms with Gasteiger partial charge in [-0.2, -0.15) is 0 Å². The number of carbonyl (C=O) groups is 2. The van der Waals surface area contributed by atoms with Gasteiger partial charge >= 0.3 is 0 Å². The number of nitrogens with zero attached hydrogens (tertiary/aromatic N) is 1. The van der Waals surface area contributed by atoms with E-state index in [4.69, 9.17) is 0 Å². The molecule has 1 aromatic rings. The van der Waals surface area contributed by atoms with Crippen molar-refractivity contribution in [2.75, 3.05) is 7.05 Å². The number of Topliss-reactive ketones (excluding diaryl/α,β-unsaturated/α-hetero) is 1. The van der Waals surface area contributed by atoms with E-state index in [1.54, 1.807) is 4.90 Å². The fourth-order valence-electron chi connectivity index (χ4n) is 2.05. The van der Waals surface area contributed by atoms with Crippen molar-refractivity contribution in [2.45, 2.75) is 31.7 Å². The molecule has 0 N–H and O–H groups in total. The van der Waals surface area contributed by atoms with E-state index in [2.05, 4.69) is 0 Å². The number of ketones is 1. The molecule has 1 aliphatic carbocycles. The second-order valence-electron chi connectivity index (χ2n) is 4.16. The third-order valence-electron chi connectivity index (χ3n) is 3.11. The molecule has 3 nitrogen and oxygen atoms in total. The van der Waals surface area contributed by atoms with Gasteiger partial charge < -0.3 is 4.90 Å². The normalized spacial score (nSPS) is 17.4. The van der Waals surface area contributed by atoms with Crippen LogP contribution in [0.25, 0.3) is 0 Å². The molecular weight excluding hydrogens is 222 g/mol. The van der Waals surface area contributed by atoms with Gasteiger partial charge in [0.25, 0.3) is 5.91 Å². The monoisotopic (exact) mass is 237 g/mol. The molecular formula is C12H15NO2S. The van der Waals surface area contributed by atoms with Crippen LogP contribution in [-0.2, 0) is 4.79 Å². The van der Waals surface area contributed by atoms with E-state index >= 15 is 0 Å². The van der Waals surface area contributed by atoms with Gasteiger partial charge in [0.2, 0.25) is 0 Å². The molecule has 0 radical (unpaired) electrons. The lowest BCUT2D eigenvalue weighted by molar-refractivity contribution is -0.121. The highest BCUT2D eigenvalue weighted by Gasteiger charge is 2.25. The zero-order valence-electron chi connectivity index (χ0n) is 9.31. The third kappa shape index (κ3) is 2.32. The molecule has 0 saturated heterocycles. The third-order valence-corrected chi connectivity index (χ3v) is 3.97. The molecule has 1 amide bonds. The van der Waals surface area contributed by atoms with Gasteiger partial charge in [-0.1, -0.05) is 6.07 Å². The van der Waals surface area contributed by atoms with Crippen LogP contribution in [0.1, 0.15) is 35.4 Å². The number of hydrogen-bond donors (Lipinski definition) is 0. The molecule has 0 unspecified atom stereocenters. The fourth-order valence-corrected chi connectivity index (χ4v) is 2.76. The number of hydrogen-bond acceptors (Lipinski definition) is 3. The van der Waals surface area contributed by atoms with Crippen molar-refractivity contribution in [3.05, 3.63) is 22.4 Å². The summed E-state index contributed by atoms with van der Waals surface area (Å²) in [7, 11) is 1.84. The van der Waals surface area contributed by atoms with Crippen molar-refractivity contribution >= 4 is 23.0 Å². The van der Waals surface area contributed by atoms with Gasteiger partial charge in [-0.05, 0) is 24.3 Å². The highest BCUT2D eigenvalue weighted by Crippen LogP contribution is 2.22. The van der Waals surface area contributed by atoms with Crippen LogP contribution in [0, 0.1) is 0 Å². The lowest BCUT2D eigenvalue weighted by atomic mass is 9.93. The summed E-state index contributed by atoms with van der Waals surface area (Å²) in [5.74, 6) is 0.405. The van der Waals surface area contributed by atoms with Gasteiger partial charge in [0.15, 0.2) is 0 Å².